The third-order valence-corrected chi connectivity index (χ3v) is 5.15. The zero-order valence-electron chi connectivity index (χ0n) is 15.2. The summed E-state index contributed by atoms with van der Waals surface area (Å²) in [5.74, 6) is -0.187. The molecular formula is C20H28N2O4. The molecule has 3 N–H and O–H groups in total. The van der Waals surface area contributed by atoms with Crippen LogP contribution in [0, 0.1) is 0 Å². The lowest BCUT2D eigenvalue weighted by molar-refractivity contribution is -0.124. The Balaban J connectivity index is 1.53. The molecule has 6 heteroatoms. The van der Waals surface area contributed by atoms with E-state index in [0.29, 0.717) is 17.0 Å². The van der Waals surface area contributed by atoms with Gasteiger partial charge in [-0.1, -0.05) is 19.3 Å². The van der Waals surface area contributed by atoms with Crippen molar-refractivity contribution in [1.82, 2.24) is 5.32 Å². The minimum absolute atomic E-state index is 0.00527. The fraction of sp³-hybridized carbons (Fsp3) is 0.600. The molecule has 0 aliphatic heterocycles. The van der Waals surface area contributed by atoms with Gasteiger partial charge in [0.1, 0.15) is 11.9 Å². The van der Waals surface area contributed by atoms with E-state index in [1.54, 1.807) is 18.2 Å². The molecule has 2 fully saturated rings. The highest BCUT2D eigenvalue weighted by molar-refractivity contribution is 5.91. The summed E-state index contributed by atoms with van der Waals surface area (Å²) in [6.45, 7) is -0.109. The first kappa shape index (κ1) is 18.5. The molecule has 0 aromatic heterocycles. The summed E-state index contributed by atoms with van der Waals surface area (Å²) in [7, 11) is 0. The number of nitrogens with two attached hydrogens (primary N) is 1. The van der Waals surface area contributed by atoms with Crippen molar-refractivity contribution in [2.75, 3.05) is 12.3 Å². The lowest BCUT2D eigenvalue weighted by Gasteiger charge is -2.22. The number of esters is 1. The van der Waals surface area contributed by atoms with Gasteiger partial charge in [-0.2, -0.15) is 0 Å². The van der Waals surface area contributed by atoms with Gasteiger partial charge in [0.15, 0.2) is 6.61 Å². The van der Waals surface area contributed by atoms with Crippen LogP contribution in [0.4, 0.5) is 5.69 Å². The van der Waals surface area contributed by atoms with Gasteiger partial charge in [-0.15, -0.1) is 0 Å². The Kier molecular flexibility index (Phi) is 6.36. The summed E-state index contributed by atoms with van der Waals surface area (Å²) < 4.78 is 11.1. The van der Waals surface area contributed by atoms with Crippen LogP contribution in [0.2, 0.25) is 0 Å². The van der Waals surface area contributed by atoms with Crippen molar-refractivity contribution in [3.8, 4) is 5.75 Å². The number of ether oxygens (including phenoxy) is 2. The van der Waals surface area contributed by atoms with Gasteiger partial charge in [0, 0.05) is 6.04 Å². The number of amides is 1. The van der Waals surface area contributed by atoms with Crippen LogP contribution in [0.1, 0.15) is 68.1 Å². The molecule has 1 aromatic rings. The molecule has 0 heterocycles. The number of hydrogen-bond acceptors (Lipinski definition) is 5. The molecular weight excluding hydrogens is 332 g/mol. The van der Waals surface area contributed by atoms with Gasteiger partial charge in [-0.05, 0) is 56.7 Å². The van der Waals surface area contributed by atoms with Crippen molar-refractivity contribution in [3.63, 3.8) is 0 Å². The number of nitrogen functional groups attached to an aromatic ring is 1. The Morgan fingerprint density at radius 3 is 2.46 bits per heavy atom. The molecule has 2 aliphatic carbocycles. The third-order valence-electron chi connectivity index (χ3n) is 5.15. The van der Waals surface area contributed by atoms with Crippen LogP contribution < -0.4 is 15.8 Å². The molecule has 2 saturated carbocycles. The molecule has 1 aromatic carbocycles. The fourth-order valence-corrected chi connectivity index (χ4v) is 3.67. The summed E-state index contributed by atoms with van der Waals surface area (Å²) in [4.78, 5) is 24.3. The number of carbonyl (C=O) groups excluding carboxylic acids is 2. The van der Waals surface area contributed by atoms with E-state index < -0.39 is 0 Å². The molecule has 2 aliphatic rings. The van der Waals surface area contributed by atoms with Crippen LogP contribution in [0.25, 0.3) is 0 Å². The van der Waals surface area contributed by atoms with Crippen LogP contribution >= 0.6 is 0 Å². The van der Waals surface area contributed by atoms with Crippen molar-refractivity contribution in [2.24, 2.45) is 0 Å². The SMILES string of the molecule is Nc1ccc(C(=O)OC2CCCC2)cc1OCC(=O)NC1CCCCC1. The van der Waals surface area contributed by atoms with Crippen molar-refractivity contribution in [2.45, 2.75) is 69.9 Å². The van der Waals surface area contributed by atoms with Crippen molar-refractivity contribution < 1.29 is 19.1 Å². The largest absolute Gasteiger partial charge is 0.482 e. The zero-order chi connectivity index (χ0) is 18.4. The monoisotopic (exact) mass is 360 g/mol. The Morgan fingerprint density at radius 2 is 1.73 bits per heavy atom. The average Bonchev–Trinajstić information content (AvgIpc) is 3.15. The summed E-state index contributed by atoms with van der Waals surface area (Å²) in [5.41, 5.74) is 6.71. The van der Waals surface area contributed by atoms with Crippen LogP contribution in [-0.4, -0.2) is 30.6 Å². The second kappa shape index (κ2) is 8.92. The van der Waals surface area contributed by atoms with E-state index in [2.05, 4.69) is 5.32 Å². The van der Waals surface area contributed by atoms with E-state index in [1.165, 1.54) is 6.42 Å². The highest BCUT2D eigenvalue weighted by Crippen LogP contribution is 2.26. The standard InChI is InChI=1S/C20H28N2O4/c21-17-11-10-14(20(24)26-16-8-4-5-9-16)12-18(17)25-13-19(23)22-15-6-2-1-3-7-15/h10-12,15-16H,1-9,13,21H2,(H,22,23). The second-order valence-corrected chi connectivity index (χ2v) is 7.26. The Labute approximate surface area is 154 Å². The number of anilines is 1. The van der Waals surface area contributed by atoms with Gasteiger partial charge in [0.25, 0.3) is 5.91 Å². The number of rotatable bonds is 6. The normalized spacial score (nSPS) is 18.5. The molecule has 0 saturated heterocycles. The minimum Gasteiger partial charge on any atom is -0.482 e. The van der Waals surface area contributed by atoms with E-state index in [0.717, 1.165) is 51.4 Å². The fourth-order valence-electron chi connectivity index (χ4n) is 3.67. The second-order valence-electron chi connectivity index (χ2n) is 7.26. The Bertz CT molecular complexity index is 635. The Morgan fingerprint density at radius 1 is 1.04 bits per heavy atom. The van der Waals surface area contributed by atoms with Gasteiger partial charge in [-0.3, -0.25) is 4.79 Å². The van der Waals surface area contributed by atoms with Crippen LogP contribution in [0.5, 0.6) is 5.75 Å². The average molecular weight is 360 g/mol. The van der Waals surface area contributed by atoms with Crippen LogP contribution in [0.3, 0.4) is 0 Å². The quantitative estimate of drug-likeness (QED) is 0.600. The topological polar surface area (TPSA) is 90.7 Å². The number of hydrogen-bond donors (Lipinski definition) is 2. The predicted octanol–water partition coefficient (Wildman–Crippen LogP) is 3.20. The van der Waals surface area contributed by atoms with Crippen LogP contribution in [0.15, 0.2) is 18.2 Å². The van der Waals surface area contributed by atoms with Crippen molar-refractivity contribution in [3.05, 3.63) is 23.8 Å². The summed E-state index contributed by atoms with van der Waals surface area (Å²) >= 11 is 0. The molecule has 142 valence electrons. The zero-order valence-corrected chi connectivity index (χ0v) is 15.2. The maximum absolute atomic E-state index is 12.3. The first-order valence-corrected chi connectivity index (χ1v) is 9.64. The lowest BCUT2D eigenvalue weighted by atomic mass is 9.95. The van der Waals surface area contributed by atoms with Gasteiger partial charge in [0.05, 0.1) is 11.3 Å². The minimum atomic E-state index is -0.367. The molecule has 0 spiro atoms. The predicted molar refractivity (Wildman–Crippen MR) is 99.0 cm³/mol. The first-order valence-electron chi connectivity index (χ1n) is 9.64. The highest BCUT2D eigenvalue weighted by atomic mass is 16.5. The molecule has 3 rings (SSSR count). The van der Waals surface area contributed by atoms with E-state index in [9.17, 15) is 9.59 Å². The molecule has 26 heavy (non-hydrogen) atoms. The maximum Gasteiger partial charge on any atom is 0.338 e. The van der Waals surface area contributed by atoms with Crippen LogP contribution in [-0.2, 0) is 9.53 Å². The van der Waals surface area contributed by atoms with Crippen molar-refractivity contribution in [1.29, 1.82) is 0 Å². The van der Waals surface area contributed by atoms with Gasteiger partial charge in [0.2, 0.25) is 0 Å². The van der Waals surface area contributed by atoms with E-state index in [4.69, 9.17) is 15.2 Å². The smallest absolute Gasteiger partial charge is 0.338 e. The highest BCUT2D eigenvalue weighted by Gasteiger charge is 2.21. The molecule has 6 nitrogen and oxygen atoms in total. The number of carbonyl (C=O) groups is 2. The summed E-state index contributed by atoms with van der Waals surface area (Å²) in [6.07, 6.45) is 9.65. The molecule has 0 radical (unpaired) electrons. The number of benzene rings is 1. The third kappa shape index (κ3) is 5.13. The molecule has 0 atom stereocenters. The lowest BCUT2D eigenvalue weighted by Crippen LogP contribution is -2.39. The van der Waals surface area contributed by atoms with Gasteiger partial charge in [-0.25, -0.2) is 4.79 Å². The van der Waals surface area contributed by atoms with E-state index in [1.807, 2.05) is 0 Å². The van der Waals surface area contributed by atoms with E-state index in [-0.39, 0.29) is 30.6 Å². The first-order chi connectivity index (χ1) is 12.6. The van der Waals surface area contributed by atoms with Crippen molar-refractivity contribution >= 4 is 17.6 Å². The maximum atomic E-state index is 12.3. The Hall–Kier alpha value is -2.24. The van der Waals surface area contributed by atoms with Gasteiger partial charge >= 0.3 is 5.97 Å². The molecule has 0 bridgehead atoms. The van der Waals surface area contributed by atoms with Gasteiger partial charge < -0.3 is 20.5 Å². The van der Waals surface area contributed by atoms with E-state index >= 15 is 0 Å². The molecule has 1 amide bonds. The molecule has 0 unspecified atom stereocenters. The summed E-state index contributed by atoms with van der Waals surface area (Å²) in [5, 5.41) is 3.00. The number of nitrogens with one attached hydrogen (secondary N) is 1. The summed E-state index contributed by atoms with van der Waals surface area (Å²) in [6, 6.07) is 5.03.